The third kappa shape index (κ3) is 9.15. The lowest BCUT2D eigenvalue weighted by Gasteiger charge is -2.28. The van der Waals surface area contributed by atoms with Crippen LogP contribution in [0.1, 0.15) is 170 Å². The molecule has 23 nitrogen and oxygen atoms in total. The predicted molar refractivity (Wildman–Crippen MR) is 309 cm³/mol. The summed E-state index contributed by atoms with van der Waals surface area (Å²) < 4.78 is 196. The van der Waals surface area contributed by atoms with Crippen LogP contribution in [0, 0.1) is 85.8 Å². The van der Waals surface area contributed by atoms with Crippen LogP contribution in [0.2, 0.25) is 0 Å². The molecule has 14 aliphatic carbocycles. The molecular formula is C57H86O23S7. The Morgan fingerprint density at radius 2 is 1.03 bits per heavy atom. The van der Waals surface area contributed by atoms with Gasteiger partial charge >= 0.3 is 0 Å². The van der Waals surface area contributed by atoms with E-state index in [0.29, 0.717) is 72.5 Å². The van der Waals surface area contributed by atoms with Gasteiger partial charge < -0.3 is 10.2 Å². The molecule has 14 saturated carbocycles. The minimum atomic E-state index is -3.52. The van der Waals surface area contributed by atoms with Gasteiger partial charge in [0.1, 0.15) is 0 Å². The average Bonchev–Trinajstić information content (AvgIpc) is 1.54. The highest BCUT2D eigenvalue weighted by atomic mass is 32.2. The second-order valence-corrected chi connectivity index (χ2v) is 45.2. The van der Waals surface area contributed by atoms with E-state index in [2.05, 4.69) is 34.6 Å². The molecule has 7 saturated heterocycles. The first-order chi connectivity index (χ1) is 40.1. The molecule has 7 aliphatic heterocycles. The zero-order valence-corrected chi connectivity index (χ0v) is 55.8. The molecule has 87 heavy (non-hydrogen) atoms. The molecule has 14 bridgehead atoms. The van der Waals surface area contributed by atoms with E-state index in [1.54, 1.807) is 0 Å². The fourth-order valence-electron chi connectivity index (χ4n) is 23.6. The molecule has 0 amide bonds. The van der Waals surface area contributed by atoms with Gasteiger partial charge in [0, 0.05) is 46.5 Å². The highest BCUT2D eigenvalue weighted by Gasteiger charge is 2.75. The van der Waals surface area contributed by atoms with Crippen molar-refractivity contribution in [1.82, 2.24) is 0 Å². The van der Waals surface area contributed by atoms with Gasteiger partial charge in [0.2, 0.25) is 0 Å². The second kappa shape index (κ2) is 19.1. The van der Waals surface area contributed by atoms with Crippen LogP contribution < -0.4 is 0 Å². The maximum atomic E-state index is 11.7. The van der Waals surface area contributed by atoms with E-state index in [-0.39, 0.29) is 108 Å². The van der Waals surface area contributed by atoms with Gasteiger partial charge in [-0.2, -0.15) is 58.9 Å². The van der Waals surface area contributed by atoms with Crippen molar-refractivity contribution in [3.8, 4) is 0 Å². The first kappa shape index (κ1) is 62.4. The molecule has 21 fully saturated rings. The topological polar surface area (TPSA) is 344 Å². The van der Waals surface area contributed by atoms with Crippen LogP contribution in [0.15, 0.2) is 0 Å². The normalized spacial score (nSPS) is 58.8. The maximum absolute atomic E-state index is 11.7. The molecule has 29 atom stereocenters. The summed E-state index contributed by atoms with van der Waals surface area (Å²) >= 11 is 0. The molecule has 0 aromatic heterocycles. The van der Waals surface area contributed by atoms with Crippen molar-refractivity contribution in [2.24, 2.45) is 85.8 Å². The predicted octanol–water partition coefficient (Wildman–Crippen LogP) is 4.52. The molecule has 29 unspecified atom stereocenters. The van der Waals surface area contributed by atoms with Crippen LogP contribution in [0.3, 0.4) is 0 Å². The molecular weight excluding hydrogens is 1280 g/mol. The molecule has 30 heteroatoms. The van der Waals surface area contributed by atoms with Gasteiger partial charge in [-0.1, -0.05) is 34.6 Å². The van der Waals surface area contributed by atoms with E-state index in [1.807, 2.05) is 6.92 Å². The third-order valence-corrected chi connectivity index (χ3v) is 40.1. The largest absolute Gasteiger partial charge is 0.396 e. The van der Waals surface area contributed by atoms with Crippen molar-refractivity contribution in [2.45, 2.75) is 249 Å². The fraction of sp³-hybridized carbons (Fsp3) is 1.00. The molecule has 494 valence electrons. The van der Waals surface area contributed by atoms with Crippen LogP contribution in [0.4, 0.5) is 0 Å². The first-order valence-electron chi connectivity index (χ1n) is 31.8. The van der Waals surface area contributed by atoms with E-state index >= 15 is 0 Å². The van der Waals surface area contributed by atoms with Gasteiger partial charge in [-0.15, -0.1) is 0 Å². The molecule has 7 heterocycles. The SMILES string of the molecule is CC12CC3CC1C(C3)S(=O)(=O)O2.CC12CC3CC1OS(=O)(=O)C2C3.CC12CC3OS(=O)(=O)C(C1)C3(C)C2.CC12CC3OS(=O)(=O)C(C1)C3C2.CC1C2CC3C1OS(=O)(=O)C3C2.O=S1(=O)OC2CC3(CO)CC1C2(CO)C3.O=S1(=O)OC2CC3CC2C1C3. The number of hydrogen-bond donors (Lipinski definition) is 2. The standard InChI is InChI=1S/C9H14O5S.C9H14O3S.4C8H12O3S.C7H10O3S/c10-4-8-1-6-9(3-8,5-11)7(2-8)15(12,13)14-6;1-8-3-6-9(2,5-8)7(4-8)13(10,11)12-6;1-8-2-5-6(3-8)11-12(9,10)7(5)4-8;1-8-4-5-2-6(8)11-12(9,10)7(8)3-5;1-8-4-5-2-6(8)7(3-5)12(9,10)11-8;1-4-5-2-6-7(3-5)12(9,10)11-8(4)6;8-11(9)7-3-4-1-5(7)6(2-4)10-11/h6-7,10-11H,1-5H2;6-7H,3-5H2,1-2H3;3*5-7H,2-4H2,1H3;4-8H,2-3H2,1H3;4-7H,1-3H2. The number of aliphatic hydroxyl groups excluding tert-OH is 2. The lowest BCUT2D eigenvalue weighted by atomic mass is 9.80. The van der Waals surface area contributed by atoms with E-state index in [9.17, 15) is 69.1 Å². The summed E-state index contributed by atoms with van der Waals surface area (Å²) in [6, 6.07) is 0. The van der Waals surface area contributed by atoms with Crippen molar-refractivity contribution in [2.75, 3.05) is 13.2 Å². The number of hydrogen-bond acceptors (Lipinski definition) is 23. The van der Waals surface area contributed by atoms with Gasteiger partial charge in [0.05, 0.1) is 85.6 Å². The number of rotatable bonds is 2. The Hall–Kier alpha value is -0.710. The average molecular weight is 1360 g/mol. The van der Waals surface area contributed by atoms with Crippen molar-refractivity contribution in [1.29, 1.82) is 0 Å². The first-order valence-corrected chi connectivity index (χ1v) is 42.1. The second-order valence-electron chi connectivity index (χ2n) is 32.9. The lowest BCUT2D eigenvalue weighted by molar-refractivity contribution is 0.0517. The zero-order valence-electron chi connectivity index (χ0n) is 50.1. The minimum Gasteiger partial charge on any atom is -0.396 e. The minimum absolute atomic E-state index is 0.00579. The van der Waals surface area contributed by atoms with Crippen LogP contribution in [-0.4, -0.2) is 161 Å². The molecule has 2 N–H and O–H groups in total. The Bertz CT molecular complexity index is 3720. The van der Waals surface area contributed by atoms with Gasteiger partial charge in [0.15, 0.2) is 0 Å². The van der Waals surface area contributed by atoms with Gasteiger partial charge in [0.25, 0.3) is 70.8 Å². The molecule has 0 radical (unpaired) electrons. The van der Waals surface area contributed by atoms with Crippen molar-refractivity contribution >= 4 is 70.8 Å². The quantitative estimate of drug-likeness (QED) is 0.359. The van der Waals surface area contributed by atoms with Crippen LogP contribution in [0.5, 0.6) is 0 Å². The van der Waals surface area contributed by atoms with E-state index in [0.717, 1.165) is 109 Å². The Morgan fingerprint density at radius 1 is 0.402 bits per heavy atom. The number of aliphatic hydroxyl groups is 2. The summed E-state index contributed by atoms with van der Waals surface area (Å²) in [7, 11) is -22.6. The van der Waals surface area contributed by atoms with E-state index in [1.165, 1.54) is 0 Å². The Morgan fingerprint density at radius 3 is 1.54 bits per heavy atom. The molecule has 21 rings (SSSR count). The third-order valence-electron chi connectivity index (χ3n) is 27.2. The van der Waals surface area contributed by atoms with Crippen molar-refractivity contribution in [3.63, 3.8) is 0 Å². The van der Waals surface area contributed by atoms with Gasteiger partial charge in [-0.25, -0.2) is 0 Å². The van der Waals surface area contributed by atoms with Gasteiger partial charge in [-0.05, 0) is 181 Å². The molecule has 0 spiro atoms. The zero-order chi connectivity index (χ0) is 62.2. The van der Waals surface area contributed by atoms with E-state index < -0.39 is 87.6 Å². The number of fused-ring (bicyclic) bond motifs is 7. The highest BCUT2D eigenvalue weighted by molar-refractivity contribution is 7.89. The Balaban J connectivity index is 0.0000000856. The van der Waals surface area contributed by atoms with Crippen molar-refractivity contribution < 1.29 is 98.4 Å². The van der Waals surface area contributed by atoms with Crippen LogP contribution in [0.25, 0.3) is 0 Å². The highest BCUT2D eigenvalue weighted by Crippen LogP contribution is 2.70. The monoisotopic (exact) mass is 1360 g/mol. The van der Waals surface area contributed by atoms with Crippen molar-refractivity contribution in [3.05, 3.63) is 0 Å². The lowest BCUT2D eigenvalue weighted by Crippen LogP contribution is -2.39. The summed E-state index contributed by atoms with van der Waals surface area (Å²) in [6.07, 6.45) is 17.4. The molecule has 0 aromatic carbocycles. The maximum Gasteiger partial charge on any atom is 0.271 e. The molecule has 0 aromatic rings. The summed E-state index contributed by atoms with van der Waals surface area (Å²) in [5.74, 6) is 4.25. The molecule has 21 aliphatic rings. The van der Waals surface area contributed by atoms with Crippen LogP contribution >= 0.6 is 0 Å². The Kier molecular flexibility index (Phi) is 13.7. The van der Waals surface area contributed by atoms with Crippen LogP contribution in [-0.2, 0) is 100 Å². The van der Waals surface area contributed by atoms with E-state index in [4.69, 9.17) is 29.3 Å². The summed E-state index contributed by atoms with van der Waals surface area (Å²) in [5.41, 5.74) is -0.913. The smallest absolute Gasteiger partial charge is 0.271 e. The summed E-state index contributed by atoms with van der Waals surface area (Å²) in [5, 5.41) is 17.2. The summed E-state index contributed by atoms with van der Waals surface area (Å²) in [4.78, 5) is 0. The van der Waals surface area contributed by atoms with Gasteiger partial charge in [-0.3, -0.25) is 29.3 Å². The fourth-order valence-corrected chi connectivity index (χ4v) is 38.2. The Labute approximate surface area is 513 Å². The summed E-state index contributed by atoms with van der Waals surface area (Å²) in [6.45, 7) is 12.4.